The fraction of sp³-hybridized carbons (Fsp3) is 0.800. The van der Waals surface area contributed by atoms with Gasteiger partial charge in [-0.25, -0.2) is 4.98 Å². The molecule has 19 heavy (non-hydrogen) atoms. The lowest BCUT2D eigenvalue weighted by atomic mass is 10.2. The Morgan fingerprint density at radius 1 is 1.42 bits per heavy atom. The Morgan fingerprint density at radius 3 is 2.79 bits per heavy atom. The zero-order chi connectivity index (χ0) is 13.7. The summed E-state index contributed by atoms with van der Waals surface area (Å²) in [5.41, 5.74) is 1.03. The average Bonchev–Trinajstić information content (AvgIpc) is 3.09. The predicted octanol–water partition coefficient (Wildman–Crippen LogP) is 4.33. The van der Waals surface area contributed by atoms with Gasteiger partial charge in [-0.05, 0) is 58.4 Å². The van der Waals surface area contributed by atoms with E-state index in [1.165, 1.54) is 43.8 Å². The molecule has 4 heteroatoms. The second kappa shape index (κ2) is 7.61. The number of aryl methyl sites for hydroxylation is 1. The number of hydrogen-bond acceptors (Lipinski definition) is 3. The summed E-state index contributed by atoms with van der Waals surface area (Å²) in [6, 6.07) is 0.684. The third-order valence-electron chi connectivity index (χ3n) is 3.74. The van der Waals surface area contributed by atoms with E-state index < -0.39 is 0 Å². The molecular weight excluding hydrogens is 276 g/mol. The highest BCUT2D eigenvalue weighted by Crippen LogP contribution is 2.30. The van der Waals surface area contributed by atoms with Crippen molar-refractivity contribution in [3.8, 4) is 0 Å². The molecule has 0 saturated heterocycles. The molecule has 0 spiro atoms. The summed E-state index contributed by atoms with van der Waals surface area (Å²) < 4.78 is 0. The van der Waals surface area contributed by atoms with Gasteiger partial charge in [-0.3, -0.25) is 0 Å². The number of rotatable bonds is 9. The second-order valence-electron chi connectivity index (χ2n) is 5.86. The topological polar surface area (TPSA) is 16.1 Å². The van der Waals surface area contributed by atoms with Crippen LogP contribution in [0.2, 0.25) is 0 Å². The molecule has 0 aliphatic heterocycles. The average molecular weight is 301 g/mol. The molecule has 1 saturated carbocycles. The van der Waals surface area contributed by atoms with Gasteiger partial charge in [0.2, 0.25) is 0 Å². The zero-order valence-corrected chi connectivity index (χ0v) is 13.6. The minimum Gasteiger partial charge on any atom is -0.301 e. The Kier molecular flexibility index (Phi) is 6.11. The first-order valence-corrected chi connectivity index (χ1v) is 8.83. The number of hydrogen-bond donors (Lipinski definition) is 0. The SMILES string of the molecule is CC(C)N(CCCCc1nc(CCl)cs1)CC1CC1. The summed E-state index contributed by atoms with van der Waals surface area (Å²) in [4.78, 5) is 7.15. The summed E-state index contributed by atoms with van der Waals surface area (Å²) in [6.45, 7) is 7.18. The van der Waals surface area contributed by atoms with Crippen molar-refractivity contribution < 1.29 is 0 Å². The fourth-order valence-electron chi connectivity index (χ4n) is 2.31. The summed E-state index contributed by atoms with van der Waals surface area (Å²) in [7, 11) is 0. The van der Waals surface area contributed by atoms with Gasteiger partial charge in [-0.2, -0.15) is 0 Å². The van der Waals surface area contributed by atoms with E-state index in [2.05, 4.69) is 29.1 Å². The molecule has 1 fully saturated rings. The van der Waals surface area contributed by atoms with E-state index in [0.29, 0.717) is 11.9 Å². The van der Waals surface area contributed by atoms with Crippen molar-refractivity contribution >= 4 is 22.9 Å². The lowest BCUT2D eigenvalue weighted by molar-refractivity contribution is 0.208. The number of alkyl halides is 1. The van der Waals surface area contributed by atoms with Crippen molar-refractivity contribution in [1.82, 2.24) is 9.88 Å². The molecule has 1 aromatic rings. The van der Waals surface area contributed by atoms with Gasteiger partial charge in [0.25, 0.3) is 0 Å². The highest BCUT2D eigenvalue weighted by atomic mass is 35.5. The molecule has 0 amide bonds. The minimum absolute atomic E-state index is 0.541. The van der Waals surface area contributed by atoms with Crippen LogP contribution in [0.4, 0.5) is 0 Å². The molecule has 108 valence electrons. The highest BCUT2D eigenvalue weighted by molar-refractivity contribution is 7.09. The van der Waals surface area contributed by atoms with Crippen molar-refractivity contribution in [2.24, 2.45) is 5.92 Å². The van der Waals surface area contributed by atoms with Gasteiger partial charge in [-0.15, -0.1) is 22.9 Å². The molecule has 2 nitrogen and oxygen atoms in total. The number of halogens is 1. The molecule has 0 bridgehead atoms. The normalized spacial score (nSPS) is 15.6. The Balaban J connectivity index is 1.63. The zero-order valence-electron chi connectivity index (χ0n) is 12.1. The Bertz CT molecular complexity index is 374. The smallest absolute Gasteiger partial charge is 0.0928 e. The first-order valence-electron chi connectivity index (χ1n) is 7.42. The third kappa shape index (κ3) is 5.41. The molecular formula is C15H25ClN2S. The molecule has 1 aromatic heterocycles. The van der Waals surface area contributed by atoms with Crippen molar-refractivity contribution in [1.29, 1.82) is 0 Å². The van der Waals surface area contributed by atoms with Gasteiger partial charge in [0.05, 0.1) is 16.6 Å². The Morgan fingerprint density at radius 2 is 2.21 bits per heavy atom. The third-order valence-corrected chi connectivity index (χ3v) is 4.97. The quantitative estimate of drug-likeness (QED) is 0.498. The monoisotopic (exact) mass is 300 g/mol. The van der Waals surface area contributed by atoms with Crippen LogP contribution < -0.4 is 0 Å². The predicted molar refractivity (Wildman–Crippen MR) is 84.0 cm³/mol. The van der Waals surface area contributed by atoms with E-state index >= 15 is 0 Å². The van der Waals surface area contributed by atoms with Crippen LogP contribution in [0.15, 0.2) is 5.38 Å². The van der Waals surface area contributed by atoms with Crippen LogP contribution in [0.3, 0.4) is 0 Å². The van der Waals surface area contributed by atoms with E-state index in [9.17, 15) is 0 Å². The van der Waals surface area contributed by atoms with Crippen LogP contribution in [0.5, 0.6) is 0 Å². The van der Waals surface area contributed by atoms with E-state index in [1.807, 2.05) is 0 Å². The molecule has 0 aromatic carbocycles. The Hall–Kier alpha value is -0.120. The van der Waals surface area contributed by atoms with Crippen LogP contribution in [0.1, 0.15) is 50.2 Å². The molecule has 1 aliphatic rings. The van der Waals surface area contributed by atoms with E-state index in [1.54, 1.807) is 11.3 Å². The summed E-state index contributed by atoms with van der Waals surface area (Å²) in [5.74, 6) is 1.53. The number of thiazole rings is 1. The van der Waals surface area contributed by atoms with Gasteiger partial charge in [0.1, 0.15) is 0 Å². The van der Waals surface area contributed by atoms with Crippen LogP contribution in [0, 0.1) is 5.92 Å². The van der Waals surface area contributed by atoms with Crippen molar-refractivity contribution in [3.05, 3.63) is 16.1 Å². The van der Waals surface area contributed by atoms with Gasteiger partial charge >= 0.3 is 0 Å². The van der Waals surface area contributed by atoms with Gasteiger partial charge in [0.15, 0.2) is 0 Å². The van der Waals surface area contributed by atoms with Crippen molar-refractivity contribution in [2.75, 3.05) is 13.1 Å². The second-order valence-corrected chi connectivity index (χ2v) is 7.07. The standard InChI is InChI=1S/C15H25ClN2S/c1-12(2)18(10-13-6-7-13)8-4-3-5-15-17-14(9-16)11-19-15/h11-13H,3-10H2,1-2H3. The molecule has 0 atom stereocenters. The van der Waals surface area contributed by atoms with E-state index in [4.69, 9.17) is 11.6 Å². The summed E-state index contributed by atoms with van der Waals surface area (Å²) in [6.07, 6.45) is 6.52. The van der Waals surface area contributed by atoms with Crippen LogP contribution >= 0.6 is 22.9 Å². The number of unbranched alkanes of at least 4 members (excludes halogenated alkanes) is 1. The van der Waals surface area contributed by atoms with Crippen molar-refractivity contribution in [3.63, 3.8) is 0 Å². The highest BCUT2D eigenvalue weighted by Gasteiger charge is 2.24. The molecule has 0 N–H and O–H groups in total. The molecule has 0 radical (unpaired) electrons. The lowest BCUT2D eigenvalue weighted by Crippen LogP contribution is -2.33. The molecule has 2 rings (SSSR count). The largest absolute Gasteiger partial charge is 0.301 e. The van der Waals surface area contributed by atoms with E-state index in [-0.39, 0.29) is 0 Å². The van der Waals surface area contributed by atoms with Crippen LogP contribution in [-0.4, -0.2) is 29.0 Å². The summed E-state index contributed by atoms with van der Waals surface area (Å²) in [5, 5.41) is 3.32. The van der Waals surface area contributed by atoms with Crippen LogP contribution in [0.25, 0.3) is 0 Å². The molecule has 0 unspecified atom stereocenters. The number of nitrogens with zero attached hydrogens (tertiary/aromatic N) is 2. The maximum atomic E-state index is 5.77. The first kappa shape index (κ1) is 15.3. The Labute approximate surface area is 126 Å². The molecule has 1 heterocycles. The maximum absolute atomic E-state index is 5.77. The maximum Gasteiger partial charge on any atom is 0.0928 e. The van der Waals surface area contributed by atoms with Gasteiger partial charge < -0.3 is 4.90 Å². The summed E-state index contributed by atoms with van der Waals surface area (Å²) >= 11 is 7.52. The van der Waals surface area contributed by atoms with Gasteiger partial charge in [-0.1, -0.05) is 0 Å². The van der Waals surface area contributed by atoms with E-state index in [0.717, 1.165) is 18.0 Å². The molecule has 1 aliphatic carbocycles. The number of aromatic nitrogens is 1. The van der Waals surface area contributed by atoms with Crippen LogP contribution in [-0.2, 0) is 12.3 Å². The van der Waals surface area contributed by atoms with Gasteiger partial charge in [0, 0.05) is 18.0 Å². The fourth-order valence-corrected chi connectivity index (χ4v) is 3.38. The van der Waals surface area contributed by atoms with Crippen molar-refractivity contribution in [2.45, 2.75) is 57.9 Å². The lowest BCUT2D eigenvalue weighted by Gasteiger charge is -2.26. The minimum atomic E-state index is 0.541. The first-order chi connectivity index (χ1) is 9.19.